The molecule has 172 valence electrons. The van der Waals surface area contributed by atoms with Gasteiger partial charge in [0, 0.05) is 17.8 Å². The highest BCUT2D eigenvalue weighted by atomic mass is 35.5. The van der Waals surface area contributed by atoms with Gasteiger partial charge in [-0.15, -0.1) is 0 Å². The zero-order valence-electron chi connectivity index (χ0n) is 18.2. The molecule has 1 aliphatic rings. The Labute approximate surface area is 197 Å². The second-order valence-electron chi connectivity index (χ2n) is 7.56. The number of hydrogen-bond donors (Lipinski definition) is 0. The molecule has 1 aliphatic carbocycles. The number of carbonyl (C=O) groups is 2. The maximum absolute atomic E-state index is 14.6. The normalized spacial score (nSPS) is 16.2. The Bertz CT molecular complexity index is 1030. The largest absolute Gasteiger partial charge is 0.496 e. The molecular weight excluding hydrogens is 474 g/mol. The first kappa shape index (κ1) is 24.6. The Hall–Kier alpha value is -2.01. The van der Waals surface area contributed by atoms with Gasteiger partial charge in [0.25, 0.3) is 0 Å². The van der Waals surface area contributed by atoms with Gasteiger partial charge in [0.1, 0.15) is 22.8 Å². The SMILES string of the molecule is COc1cc(OC)c(C(=O)P(=O)(C(=O)c2c(Cl)cccc2Cl)C2CCCCC2)c(OC)c1. The lowest BCUT2D eigenvalue weighted by molar-refractivity contribution is 0.103. The van der Waals surface area contributed by atoms with Crippen molar-refractivity contribution >= 4 is 41.4 Å². The molecule has 0 spiro atoms. The van der Waals surface area contributed by atoms with Crippen LogP contribution in [0.2, 0.25) is 10.0 Å². The van der Waals surface area contributed by atoms with Crippen molar-refractivity contribution in [2.75, 3.05) is 21.3 Å². The van der Waals surface area contributed by atoms with E-state index in [1.807, 2.05) is 0 Å². The van der Waals surface area contributed by atoms with Crippen LogP contribution in [0, 0.1) is 0 Å². The molecule has 3 rings (SSSR count). The fourth-order valence-corrected chi connectivity index (χ4v) is 7.89. The van der Waals surface area contributed by atoms with E-state index in [-0.39, 0.29) is 32.7 Å². The summed E-state index contributed by atoms with van der Waals surface area (Å²) in [5, 5.41) is 0.111. The Morgan fingerprint density at radius 3 is 1.81 bits per heavy atom. The van der Waals surface area contributed by atoms with Gasteiger partial charge >= 0.3 is 0 Å². The smallest absolute Gasteiger partial charge is 0.236 e. The molecule has 0 heterocycles. The van der Waals surface area contributed by atoms with Crippen molar-refractivity contribution in [1.82, 2.24) is 0 Å². The molecular formula is C23H25Cl2O6P. The van der Waals surface area contributed by atoms with Crippen LogP contribution in [-0.4, -0.2) is 38.0 Å². The van der Waals surface area contributed by atoms with Gasteiger partial charge < -0.3 is 18.8 Å². The second-order valence-corrected chi connectivity index (χ2v) is 11.2. The highest BCUT2D eigenvalue weighted by Crippen LogP contribution is 2.62. The maximum atomic E-state index is 14.6. The summed E-state index contributed by atoms with van der Waals surface area (Å²) in [6, 6.07) is 7.56. The molecule has 0 saturated heterocycles. The van der Waals surface area contributed by atoms with E-state index in [0.717, 1.165) is 19.3 Å². The Morgan fingerprint density at radius 2 is 1.34 bits per heavy atom. The van der Waals surface area contributed by atoms with Gasteiger partial charge in [-0.05, 0) is 25.0 Å². The number of hydrogen-bond acceptors (Lipinski definition) is 6. The molecule has 1 fully saturated rings. The van der Waals surface area contributed by atoms with Crippen LogP contribution in [-0.2, 0) is 4.57 Å². The van der Waals surface area contributed by atoms with E-state index in [4.69, 9.17) is 37.4 Å². The molecule has 0 aromatic heterocycles. The summed E-state index contributed by atoms with van der Waals surface area (Å²) in [5.41, 5.74) is -2.41. The number of carbonyl (C=O) groups excluding carboxylic acids is 2. The average molecular weight is 499 g/mol. The number of benzene rings is 2. The molecule has 0 radical (unpaired) electrons. The topological polar surface area (TPSA) is 78.9 Å². The number of methoxy groups -OCH3 is 3. The summed E-state index contributed by atoms with van der Waals surface area (Å²) in [6.07, 6.45) is 3.51. The van der Waals surface area contributed by atoms with Crippen LogP contribution >= 0.6 is 30.3 Å². The molecule has 9 heteroatoms. The quantitative estimate of drug-likeness (QED) is 0.377. The van der Waals surface area contributed by atoms with Crippen molar-refractivity contribution in [2.45, 2.75) is 37.8 Å². The Kier molecular flexibility index (Phi) is 7.92. The lowest BCUT2D eigenvalue weighted by atomic mass is 10.0. The fraction of sp³-hybridized carbons (Fsp3) is 0.391. The molecule has 2 aromatic carbocycles. The van der Waals surface area contributed by atoms with Gasteiger partial charge in [0.05, 0.1) is 36.9 Å². The standard InChI is InChI=1S/C23H25Cl2O6P/c1-29-14-12-18(30-2)21(19(13-14)31-3)23(27)32(28,15-8-5-4-6-9-15)22(26)20-16(24)10-7-11-17(20)25/h7,10-13,15H,4-6,8-9H2,1-3H3. The molecule has 0 aliphatic heterocycles. The third-order valence-electron chi connectivity index (χ3n) is 5.80. The first-order chi connectivity index (χ1) is 15.3. The molecule has 1 unspecified atom stereocenters. The van der Waals surface area contributed by atoms with Crippen molar-refractivity contribution < 1.29 is 28.4 Å². The van der Waals surface area contributed by atoms with Crippen LogP contribution in [0.25, 0.3) is 0 Å². The van der Waals surface area contributed by atoms with E-state index in [1.54, 1.807) is 6.07 Å². The van der Waals surface area contributed by atoms with Crippen LogP contribution in [0.15, 0.2) is 30.3 Å². The Morgan fingerprint density at radius 1 is 0.844 bits per heavy atom. The predicted octanol–water partition coefficient (Wildman–Crippen LogP) is 6.70. The van der Waals surface area contributed by atoms with Gasteiger partial charge in [-0.1, -0.05) is 48.5 Å². The minimum absolute atomic E-state index is 0.0544. The van der Waals surface area contributed by atoms with Gasteiger partial charge in [-0.3, -0.25) is 9.59 Å². The van der Waals surface area contributed by atoms with Crippen molar-refractivity contribution in [2.24, 2.45) is 0 Å². The van der Waals surface area contributed by atoms with Crippen LogP contribution in [0.5, 0.6) is 17.2 Å². The van der Waals surface area contributed by atoms with Crippen LogP contribution in [0.1, 0.15) is 52.8 Å². The zero-order chi connectivity index (χ0) is 23.5. The molecule has 6 nitrogen and oxygen atoms in total. The molecule has 0 amide bonds. The minimum atomic E-state index is -4.23. The van der Waals surface area contributed by atoms with Crippen LogP contribution in [0.4, 0.5) is 0 Å². The second kappa shape index (κ2) is 10.3. The van der Waals surface area contributed by atoms with E-state index < -0.39 is 23.8 Å². The summed E-state index contributed by atoms with van der Waals surface area (Å²) in [6.45, 7) is 0. The zero-order valence-corrected chi connectivity index (χ0v) is 20.6. The van der Waals surface area contributed by atoms with Crippen molar-refractivity contribution in [3.63, 3.8) is 0 Å². The molecule has 0 bridgehead atoms. The van der Waals surface area contributed by atoms with E-state index in [9.17, 15) is 14.2 Å². The highest BCUT2D eigenvalue weighted by Gasteiger charge is 2.50. The van der Waals surface area contributed by atoms with Crippen molar-refractivity contribution in [3.05, 3.63) is 51.5 Å². The van der Waals surface area contributed by atoms with E-state index in [1.165, 1.54) is 45.6 Å². The first-order valence-corrected chi connectivity index (χ1v) is 12.8. The molecule has 32 heavy (non-hydrogen) atoms. The monoisotopic (exact) mass is 498 g/mol. The summed E-state index contributed by atoms with van der Waals surface area (Å²) in [5.74, 6) is 0.615. The lowest BCUT2D eigenvalue weighted by Crippen LogP contribution is -2.25. The molecule has 1 saturated carbocycles. The third kappa shape index (κ3) is 4.41. The highest BCUT2D eigenvalue weighted by molar-refractivity contribution is 7.96. The maximum Gasteiger partial charge on any atom is 0.236 e. The average Bonchev–Trinajstić information content (AvgIpc) is 2.82. The minimum Gasteiger partial charge on any atom is -0.496 e. The fourth-order valence-electron chi connectivity index (χ4n) is 4.12. The number of halogens is 2. The van der Waals surface area contributed by atoms with E-state index >= 15 is 0 Å². The van der Waals surface area contributed by atoms with E-state index in [0.29, 0.717) is 18.6 Å². The first-order valence-electron chi connectivity index (χ1n) is 10.2. The van der Waals surface area contributed by atoms with Crippen LogP contribution in [0.3, 0.4) is 0 Å². The molecule has 0 N–H and O–H groups in total. The molecule has 1 atom stereocenters. The number of ether oxygens (including phenoxy) is 3. The summed E-state index contributed by atoms with van der Waals surface area (Å²) < 4.78 is 30.7. The lowest BCUT2D eigenvalue weighted by Gasteiger charge is -2.29. The third-order valence-corrected chi connectivity index (χ3v) is 9.63. The molecule has 2 aromatic rings. The van der Waals surface area contributed by atoms with Crippen LogP contribution < -0.4 is 14.2 Å². The summed E-state index contributed by atoms with van der Waals surface area (Å²) >= 11 is 12.5. The number of rotatable bonds is 8. The van der Waals surface area contributed by atoms with Gasteiger partial charge in [0.15, 0.2) is 0 Å². The van der Waals surface area contributed by atoms with Gasteiger partial charge in [0.2, 0.25) is 18.2 Å². The summed E-state index contributed by atoms with van der Waals surface area (Å²) in [7, 11) is -0.00550. The predicted molar refractivity (Wildman–Crippen MR) is 126 cm³/mol. The van der Waals surface area contributed by atoms with Gasteiger partial charge in [-0.2, -0.15) is 0 Å². The van der Waals surface area contributed by atoms with E-state index in [2.05, 4.69) is 0 Å². The Balaban J connectivity index is 2.25. The summed E-state index contributed by atoms with van der Waals surface area (Å²) in [4.78, 5) is 27.8. The van der Waals surface area contributed by atoms with Crippen molar-refractivity contribution in [1.29, 1.82) is 0 Å². The van der Waals surface area contributed by atoms with Crippen molar-refractivity contribution in [3.8, 4) is 17.2 Å². The van der Waals surface area contributed by atoms with Gasteiger partial charge in [-0.25, -0.2) is 0 Å².